The number of nitriles is 1. The number of amides is 1. The van der Waals surface area contributed by atoms with Crippen LogP contribution >= 0.6 is 12.2 Å². The van der Waals surface area contributed by atoms with Crippen LogP contribution in [-0.2, 0) is 11.0 Å². The minimum atomic E-state index is -4.71. The summed E-state index contributed by atoms with van der Waals surface area (Å²) in [6, 6.07) is 4.84. The molecule has 2 saturated heterocycles. The molecule has 9 heteroatoms. The van der Waals surface area contributed by atoms with Gasteiger partial charge in [0.25, 0.3) is 5.91 Å². The van der Waals surface area contributed by atoms with Gasteiger partial charge < -0.3 is 9.80 Å². The Kier molecular flexibility index (Phi) is 6.57. The SMILES string of the molecule is CC(C)/C=C/N1CCC(N2C(=S)N(c3ccc(C#N)c(C(F)(F)F)c3)C(=O)C2(C)C)CC1. The molecule has 0 N–H and O–H groups in total. The van der Waals surface area contributed by atoms with Gasteiger partial charge in [0.15, 0.2) is 5.11 Å². The lowest BCUT2D eigenvalue weighted by atomic mass is 9.96. The van der Waals surface area contributed by atoms with E-state index in [9.17, 15) is 18.0 Å². The van der Waals surface area contributed by atoms with E-state index in [0.29, 0.717) is 5.92 Å². The first kappa shape index (κ1) is 24.1. The van der Waals surface area contributed by atoms with Gasteiger partial charge in [-0.25, -0.2) is 0 Å². The normalized spacial score (nSPS) is 20.0. The highest BCUT2D eigenvalue weighted by Crippen LogP contribution is 2.39. The van der Waals surface area contributed by atoms with Crippen molar-refractivity contribution in [2.75, 3.05) is 18.0 Å². The van der Waals surface area contributed by atoms with E-state index >= 15 is 0 Å². The Bertz CT molecular complexity index is 972. The number of hydrogen-bond donors (Lipinski definition) is 0. The minimum absolute atomic E-state index is 0.00983. The molecule has 0 saturated carbocycles. The lowest BCUT2D eigenvalue weighted by molar-refractivity contribution is -0.137. The van der Waals surface area contributed by atoms with Gasteiger partial charge in [-0.2, -0.15) is 18.4 Å². The number of carbonyl (C=O) groups excluding carboxylic acids is 1. The van der Waals surface area contributed by atoms with Crippen molar-refractivity contribution in [3.8, 4) is 6.07 Å². The third-order valence-electron chi connectivity index (χ3n) is 5.96. The average Bonchev–Trinajstić information content (AvgIpc) is 2.90. The van der Waals surface area contributed by atoms with Crippen LogP contribution in [0, 0.1) is 17.2 Å². The van der Waals surface area contributed by atoms with Crippen LogP contribution in [0.25, 0.3) is 0 Å². The van der Waals surface area contributed by atoms with Crippen LogP contribution in [0.15, 0.2) is 30.5 Å². The Morgan fingerprint density at radius 2 is 1.88 bits per heavy atom. The van der Waals surface area contributed by atoms with Crippen molar-refractivity contribution in [3.05, 3.63) is 41.6 Å². The highest BCUT2D eigenvalue weighted by Gasteiger charge is 2.52. The zero-order valence-corrected chi connectivity index (χ0v) is 19.4. The number of benzene rings is 1. The number of alkyl halides is 3. The molecule has 0 aliphatic carbocycles. The Morgan fingerprint density at radius 1 is 1.25 bits per heavy atom. The van der Waals surface area contributed by atoms with Crippen LogP contribution < -0.4 is 4.90 Å². The van der Waals surface area contributed by atoms with E-state index in [-0.39, 0.29) is 22.7 Å². The van der Waals surface area contributed by atoms with Crippen molar-refractivity contribution in [1.29, 1.82) is 5.26 Å². The maximum atomic E-state index is 13.5. The van der Waals surface area contributed by atoms with Crippen LogP contribution in [0.1, 0.15) is 51.7 Å². The smallest absolute Gasteiger partial charge is 0.377 e. The number of halogens is 3. The number of thiocarbonyl (C=S) groups is 1. The second kappa shape index (κ2) is 8.74. The van der Waals surface area contributed by atoms with Crippen LogP contribution in [-0.4, -0.2) is 45.5 Å². The first-order valence-electron chi connectivity index (χ1n) is 10.6. The molecule has 0 spiro atoms. The van der Waals surface area contributed by atoms with E-state index in [2.05, 4.69) is 31.0 Å². The molecule has 2 fully saturated rings. The van der Waals surface area contributed by atoms with Crippen molar-refractivity contribution >= 4 is 28.9 Å². The third kappa shape index (κ3) is 4.46. The summed E-state index contributed by atoms with van der Waals surface area (Å²) in [5.41, 5.74) is -2.52. The predicted octanol–water partition coefficient (Wildman–Crippen LogP) is 4.92. The van der Waals surface area contributed by atoms with Crippen molar-refractivity contribution in [1.82, 2.24) is 9.80 Å². The molecule has 3 rings (SSSR count). The number of carbonyl (C=O) groups is 1. The summed E-state index contributed by atoms with van der Waals surface area (Å²) in [7, 11) is 0. The molecule has 0 unspecified atom stereocenters. The number of rotatable bonds is 4. The Balaban J connectivity index is 1.88. The number of nitrogens with zero attached hydrogens (tertiary/aromatic N) is 4. The maximum absolute atomic E-state index is 13.5. The monoisotopic (exact) mass is 464 g/mol. The van der Waals surface area contributed by atoms with Gasteiger partial charge >= 0.3 is 6.18 Å². The standard InChI is InChI=1S/C23H27F3N4OS/c1-15(2)7-10-28-11-8-17(9-12-28)30-21(32)29(20(31)22(30,3)4)18-6-5-16(14-27)19(13-18)23(24,25)26/h5-7,10,13,15,17H,8-9,11-12H2,1-4H3/b10-7+. The largest absolute Gasteiger partial charge is 0.417 e. The minimum Gasteiger partial charge on any atom is -0.377 e. The van der Waals surface area contributed by atoms with E-state index < -0.39 is 22.8 Å². The van der Waals surface area contributed by atoms with Crippen molar-refractivity contribution in [2.24, 2.45) is 5.92 Å². The highest BCUT2D eigenvalue weighted by atomic mass is 32.1. The van der Waals surface area contributed by atoms with E-state index in [1.165, 1.54) is 11.0 Å². The molecule has 2 heterocycles. The number of anilines is 1. The van der Waals surface area contributed by atoms with Crippen LogP contribution in [0.3, 0.4) is 0 Å². The summed E-state index contributed by atoms with van der Waals surface area (Å²) >= 11 is 5.62. The lowest BCUT2D eigenvalue weighted by Crippen LogP contribution is -2.53. The topological polar surface area (TPSA) is 50.6 Å². The van der Waals surface area contributed by atoms with E-state index in [1.54, 1.807) is 19.9 Å². The van der Waals surface area contributed by atoms with E-state index in [1.807, 2.05) is 4.90 Å². The summed E-state index contributed by atoms with van der Waals surface area (Å²) in [6.07, 6.45) is 1.10. The molecule has 0 bridgehead atoms. The Morgan fingerprint density at radius 3 is 2.41 bits per heavy atom. The van der Waals surface area contributed by atoms with Gasteiger partial charge in [-0.3, -0.25) is 9.69 Å². The third-order valence-corrected chi connectivity index (χ3v) is 6.34. The molecule has 2 aliphatic rings. The first-order valence-corrected chi connectivity index (χ1v) is 11.0. The average molecular weight is 465 g/mol. The van der Waals surface area contributed by atoms with Crippen LogP contribution in [0.2, 0.25) is 0 Å². The summed E-state index contributed by atoms with van der Waals surface area (Å²) in [5.74, 6) is 0.0838. The quantitative estimate of drug-likeness (QED) is 0.592. The molecular weight excluding hydrogens is 437 g/mol. The van der Waals surface area contributed by atoms with Crippen molar-refractivity contribution < 1.29 is 18.0 Å². The van der Waals surface area contributed by atoms with E-state index in [4.69, 9.17) is 17.5 Å². The zero-order valence-electron chi connectivity index (χ0n) is 18.6. The second-order valence-electron chi connectivity index (χ2n) is 9.04. The molecule has 0 aromatic heterocycles. The summed E-state index contributed by atoms with van der Waals surface area (Å²) in [4.78, 5) is 18.6. The molecule has 1 aromatic carbocycles. The number of piperidine rings is 1. The zero-order chi connectivity index (χ0) is 23.8. The van der Waals surface area contributed by atoms with Gasteiger partial charge in [0.1, 0.15) is 5.54 Å². The molecule has 5 nitrogen and oxygen atoms in total. The molecular formula is C23H27F3N4OS. The maximum Gasteiger partial charge on any atom is 0.417 e. The molecule has 1 aromatic rings. The van der Waals surface area contributed by atoms with Gasteiger partial charge in [-0.05, 0) is 69.2 Å². The first-order chi connectivity index (χ1) is 14.9. The number of likely N-dealkylation sites (tertiary alicyclic amines) is 1. The summed E-state index contributed by atoms with van der Waals surface area (Å²) < 4.78 is 40.4. The number of allylic oxidation sites excluding steroid dienone is 1. The predicted molar refractivity (Wildman–Crippen MR) is 121 cm³/mol. The molecule has 2 aliphatic heterocycles. The lowest BCUT2D eigenvalue weighted by Gasteiger charge is -2.41. The highest BCUT2D eigenvalue weighted by molar-refractivity contribution is 7.80. The number of hydrogen-bond acceptors (Lipinski definition) is 4. The van der Waals surface area contributed by atoms with Crippen LogP contribution in [0.5, 0.6) is 0 Å². The molecule has 172 valence electrons. The molecule has 1 amide bonds. The molecule has 0 atom stereocenters. The van der Waals surface area contributed by atoms with Gasteiger partial charge in [0, 0.05) is 19.1 Å². The van der Waals surface area contributed by atoms with Gasteiger partial charge in [-0.15, -0.1) is 0 Å². The van der Waals surface area contributed by atoms with Crippen molar-refractivity contribution in [2.45, 2.75) is 58.3 Å². The van der Waals surface area contributed by atoms with E-state index in [0.717, 1.165) is 38.1 Å². The van der Waals surface area contributed by atoms with Crippen molar-refractivity contribution in [3.63, 3.8) is 0 Å². The summed E-state index contributed by atoms with van der Waals surface area (Å²) in [5, 5.41) is 9.26. The Labute approximate surface area is 192 Å². The fourth-order valence-corrected chi connectivity index (χ4v) is 4.81. The Hall–Kier alpha value is -2.60. The molecule has 0 radical (unpaired) electrons. The fourth-order valence-electron chi connectivity index (χ4n) is 4.24. The molecule has 32 heavy (non-hydrogen) atoms. The van der Waals surface area contributed by atoms with Crippen LogP contribution in [0.4, 0.5) is 18.9 Å². The van der Waals surface area contributed by atoms with Gasteiger partial charge in [0.05, 0.1) is 22.9 Å². The summed E-state index contributed by atoms with van der Waals surface area (Å²) in [6.45, 7) is 9.35. The van der Waals surface area contributed by atoms with Gasteiger partial charge in [-0.1, -0.05) is 19.9 Å². The van der Waals surface area contributed by atoms with Gasteiger partial charge in [0.2, 0.25) is 0 Å². The fraction of sp³-hybridized carbons (Fsp3) is 0.522. The second-order valence-corrected chi connectivity index (χ2v) is 9.41.